The van der Waals surface area contributed by atoms with Gasteiger partial charge in [-0.05, 0) is 54.6 Å². The molecule has 0 aliphatic heterocycles. The predicted octanol–water partition coefficient (Wildman–Crippen LogP) is 6.22. The molecule has 1 aromatic heterocycles. The van der Waals surface area contributed by atoms with Gasteiger partial charge < -0.3 is 5.32 Å². The van der Waals surface area contributed by atoms with E-state index in [1.54, 1.807) is 18.2 Å². The molecule has 0 aliphatic rings. The first-order chi connectivity index (χ1) is 15.0. The van der Waals surface area contributed by atoms with Crippen molar-refractivity contribution in [2.45, 2.75) is 5.16 Å². The average Bonchev–Trinajstić information content (AvgIpc) is 3.19. The predicted molar refractivity (Wildman–Crippen MR) is 125 cm³/mol. The van der Waals surface area contributed by atoms with E-state index in [-0.39, 0.29) is 17.3 Å². The Balaban J connectivity index is 1.58. The number of carbonyl (C=O) groups is 1. The van der Waals surface area contributed by atoms with Gasteiger partial charge in [-0.3, -0.25) is 9.36 Å². The van der Waals surface area contributed by atoms with Crippen molar-refractivity contribution in [3.63, 3.8) is 0 Å². The number of amides is 1. The molecule has 31 heavy (non-hydrogen) atoms. The van der Waals surface area contributed by atoms with Crippen LogP contribution in [0.4, 0.5) is 10.1 Å². The van der Waals surface area contributed by atoms with Crippen molar-refractivity contribution in [1.29, 1.82) is 0 Å². The lowest BCUT2D eigenvalue weighted by atomic mass is 10.2. The van der Waals surface area contributed by atoms with Gasteiger partial charge in [-0.1, -0.05) is 57.5 Å². The Bertz CT molecular complexity index is 1220. The second kappa shape index (κ2) is 9.64. The number of rotatable bonds is 6. The fourth-order valence-electron chi connectivity index (χ4n) is 2.87. The number of halogens is 3. The lowest BCUT2D eigenvalue weighted by molar-refractivity contribution is -0.113. The summed E-state index contributed by atoms with van der Waals surface area (Å²) < 4.78 is 16.5. The number of nitrogens with zero attached hydrogens (tertiary/aromatic N) is 3. The van der Waals surface area contributed by atoms with Crippen LogP contribution in [-0.2, 0) is 4.79 Å². The van der Waals surface area contributed by atoms with Crippen LogP contribution in [0.15, 0.2) is 82.4 Å². The molecule has 156 valence electrons. The van der Waals surface area contributed by atoms with E-state index in [1.165, 1.54) is 23.9 Å². The molecule has 9 heteroatoms. The van der Waals surface area contributed by atoms with Crippen LogP contribution in [0.5, 0.6) is 0 Å². The molecule has 0 aliphatic carbocycles. The first kappa shape index (κ1) is 21.5. The van der Waals surface area contributed by atoms with Gasteiger partial charge in [-0.2, -0.15) is 0 Å². The largest absolute Gasteiger partial charge is 0.323 e. The fourth-order valence-corrected chi connectivity index (χ4v) is 4.08. The zero-order chi connectivity index (χ0) is 21.8. The number of anilines is 1. The number of carbonyl (C=O) groups excluding carboxylic acids is 1. The van der Waals surface area contributed by atoms with Gasteiger partial charge in [-0.15, -0.1) is 10.2 Å². The van der Waals surface area contributed by atoms with Crippen molar-refractivity contribution in [2.75, 3.05) is 11.1 Å². The number of para-hydroxylation sites is 1. The molecule has 0 spiro atoms. The minimum atomic E-state index is -0.509. The SMILES string of the molecule is O=C(CSc1nnc(-c2ccc(Cl)cc2)n1-c1ccccc1)Nc1ccc(Br)cc1F. The van der Waals surface area contributed by atoms with Gasteiger partial charge in [0.1, 0.15) is 5.82 Å². The van der Waals surface area contributed by atoms with Crippen molar-refractivity contribution in [3.8, 4) is 17.1 Å². The van der Waals surface area contributed by atoms with Crippen LogP contribution in [0.2, 0.25) is 5.02 Å². The van der Waals surface area contributed by atoms with E-state index in [0.717, 1.165) is 11.3 Å². The maximum Gasteiger partial charge on any atom is 0.234 e. The van der Waals surface area contributed by atoms with Crippen molar-refractivity contribution in [3.05, 3.63) is 88.1 Å². The lowest BCUT2D eigenvalue weighted by Gasteiger charge is -2.11. The van der Waals surface area contributed by atoms with E-state index < -0.39 is 5.82 Å². The van der Waals surface area contributed by atoms with E-state index >= 15 is 0 Å². The van der Waals surface area contributed by atoms with Crippen molar-refractivity contribution < 1.29 is 9.18 Å². The second-order valence-corrected chi connectivity index (χ2v) is 8.74. The molecule has 5 nitrogen and oxygen atoms in total. The Morgan fingerprint density at radius 3 is 2.52 bits per heavy atom. The number of hydrogen-bond acceptors (Lipinski definition) is 4. The Morgan fingerprint density at radius 2 is 1.81 bits per heavy atom. The summed E-state index contributed by atoms with van der Waals surface area (Å²) >= 11 is 10.4. The van der Waals surface area contributed by atoms with Gasteiger partial charge in [-0.25, -0.2) is 4.39 Å². The average molecular weight is 518 g/mol. The summed E-state index contributed by atoms with van der Waals surface area (Å²) in [6, 6.07) is 21.4. The summed E-state index contributed by atoms with van der Waals surface area (Å²) in [7, 11) is 0. The highest BCUT2D eigenvalue weighted by Gasteiger charge is 2.17. The van der Waals surface area contributed by atoms with Crippen LogP contribution >= 0.6 is 39.3 Å². The standard InChI is InChI=1S/C22H15BrClFN4OS/c23-15-8-11-19(18(25)12-15)26-20(30)13-31-22-28-27-21(14-6-9-16(24)10-7-14)29(22)17-4-2-1-3-5-17/h1-12H,13H2,(H,26,30). The van der Waals surface area contributed by atoms with E-state index in [4.69, 9.17) is 11.6 Å². The van der Waals surface area contributed by atoms with Gasteiger partial charge >= 0.3 is 0 Å². The van der Waals surface area contributed by atoms with Gasteiger partial charge in [0, 0.05) is 20.7 Å². The topological polar surface area (TPSA) is 59.8 Å². The highest BCUT2D eigenvalue weighted by Crippen LogP contribution is 2.29. The summed E-state index contributed by atoms with van der Waals surface area (Å²) in [5.41, 5.74) is 1.83. The van der Waals surface area contributed by atoms with Gasteiger partial charge in [0.2, 0.25) is 5.91 Å². The van der Waals surface area contributed by atoms with Crippen molar-refractivity contribution >= 4 is 50.9 Å². The summed E-state index contributed by atoms with van der Waals surface area (Å²) in [6.07, 6.45) is 0. The maximum absolute atomic E-state index is 14.0. The number of hydrogen-bond donors (Lipinski definition) is 1. The Labute approximate surface area is 195 Å². The molecule has 0 bridgehead atoms. The molecule has 4 rings (SSSR count). The minimum absolute atomic E-state index is 0.0427. The van der Waals surface area contributed by atoms with E-state index in [0.29, 0.717) is 20.5 Å². The highest BCUT2D eigenvalue weighted by atomic mass is 79.9. The summed E-state index contributed by atoms with van der Waals surface area (Å²) in [5, 5.41) is 12.4. The molecular weight excluding hydrogens is 503 g/mol. The Kier molecular flexibility index (Phi) is 6.70. The lowest BCUT2D eigenvalue weighted by Crippen LogP contribution is -2.15. The number of aromatic nitrogens is 3. The minimum Gasteiger partial charge on any atom is -0.323 e. The first-order valence-corrected chi connectivity index (χ1v) is 11.3. The first-order valence-electron chi connectivity index (χ1n) is 9.16. The van der Waals surface area contributed by atoms with E-state index in [9.17, 15) is 9.18 Å². The third-order valence-electron chi connectivity index (χ3n) is 4.29. The summed E-state index contributed by atoms with van der Waals surface area (Å²) in [4.78, 5) is 12.4. The molecule has 0 saturated carbocycles. The monoisotopic (exact) mass is 516 g/mol. The van der Waals surface area contributed by atoms with E-state index in [1.807, 2.05) is 47.0 Å². The van der Waals surface area contributed by atoms with Crippen LogP contribution in [-0.4, -0.2) is 26.4 Å². The third-order valence-corrected chi connectivity index (χ3v) is 5.96. The normalized spacial score (nSPS) is 10.8. The molecule has 1 amide bonds. The van der Waals surface area contributed by atoms with Gasteiger partial charge in [0.05, 0.1) is 11.4 Å². The maximum atomic E-state index is 14.0. The van der Waals surface area contributed by atoms with Crippen LogP contribution in [0.25, 0.3) is 17.1 Å². The van der Waals surface area contributed by atoms with Gasteiger partial charge in [0.25, 0.3) is 0 Å². The zero-order valence-corrected chi connectivity index (χ0v) is 19.1. The molecule has 1 heterocycles. The number of thioether (sulfide) groups is 1. The Hall–Kier alpha value is -2.68. The number of benzene rings is 3. The molecule has 0 radical (unpaired) electrons. The molecular formula is C22H15BrClFN4OS. The Morgan fingerprint density at radius 1 is 1.06 bits per heavy atom. The fraction of sp³-hybridized carbons (Fsp3) is 0.0455. The number of nitrogens with one attached hydrogen (secondary N) is 1. The van der Waals surface area contributed by atoms with Crippen molar-refractivity contribution in [1.82, 2.24) is 14.8 Å². The van der Waals surface area contributed by atoms with Crippen molar-refractivity contribution in [2.24, 2.45) is 0 Å². The highest BCUT2D eigenvalue weighted by molar-refractivity contribution is 9.10. The molecule has 1 N–H and O–H groups in total. The van der Waals surface area contributed by atoms with Crippen LogP contribution in [0.3, 0.4) is 0 Å². The molecule has 4 aromatic rings. The van der Waals surface area contributed by atoms with Gasteiger partial charge in [0.15, 0.2) is 11.0 Å². The second-order valence-electron chi connectivity index (χ2n) is 6.45. The van der Waals surface area contributed by atoms with E-state index in [2.05, 4.69) is 31.4 Å². The third kappa shape index (κ3) is 5.15. The van der Waals surface area contributed by atoms with Crippen LogP contribution in [0.1, 0.15) is 0 Å². The molecule has 0 saturated heterocycles. The molecule has 0 unspecified atom stereocenters. The molecule has 0 atom stereocenters. The summed E-state index contributed by atoms with van der Waals surface area (Å²) in [6.45, 7) is 0. The summed E-state index contributed by atoms with van der Waals surface area (Å²) in [5.74, 6) is -0.182. The molecule has 3 aromatic carbocycles. The molecule has 0 fully saturated rings. The smallest absolute Gasteiger partial charge is 0.234 e. The zero-order valence-electron chi connectivity index (χ0n) is 15.9. The quantitative estimate of drug-likeness (QED) is 0.309. The van der Waals surface area contributed by atoms with Crippen LogP contribution in [0, 0.1) is 5.82 Å². The van der Waals surface area contributed by atoms with Crippen LogP contribution < -0.4 is 5.32 Å².